The van der Waals surface area contributed by atoms with Crippen molar-refractivity contribution in [2.45, 2.75) is 63.8 Å². The van der Waals surface area contributed by atoms with E-state index in [1.54, 1.807) is 12.1 Å². The van der Waals surface area contributed by atoms with Crippen molar-refractivity contribution in [2.24, 2.45) is 17.8 Å². The minimum absolute atomic E-state index is 0.0989. The van der Waals surface area contributed by atoms with E-state index in [1.165, 1.54) is 12.8 Å². The van der Waals surface area contributed by atoms with Crippen LogP contribution < -0.4 is 10.0 Å². The van der Waals surface area contributed by atoms with E-state index in [0.29, 0.717) is 29.8 Å². The summed E-state index contributed by atoms with van der Waals surface area (Å²) >= 11 is 0. The molecule has 7 heteroatoms. The predicted molar refractivity (Wildman–Crippen MR) is 120 cm³/mol. The topological polar surface area (TPSA) is 78.5 Å². The molecule has 1 aromatic carbocycles. The Labute approximate surface area is 181 Å². The molecule has 3 rings (SSSR count). The molecule has 2 aliphatic rings. The largest absolute Gasteiger partial charge is 0.352 e. The van der Waals surface area contributed by atoms with Gasteiger partial charge in [0.2, 0.25) is 15.9 Å². The van der Waals surface area contributed by atoms with Gasteiger partial charge in [-0.1, -0.05) is 44.4 Å². The smallest absolute Gasteiger partial charge is 0.240 e. The van der Waals surface area contributed by atoms with Crippen molar-refractivity contribution in [3.63, 3.8) is 0 Å². The number of nitrogens with zero attached hydrogens (tertiary/aromatic N) is 1. The third kappa shape index (κ3) is 6.28. The average Bonchev–Trinajstić information content (AvgIpc) is 2.71. The monoisotopic (exact) mass is 435 g/mol. The number of carbonyl (C=O) groups is 1. The molecular weight excluding hydrogens is 398 g/mol. The van der Waals surface area contributed by atoms with Gasteiger partial charge in [0, 0.05) is 19.1 Å². The number of aryl methyl sites for hydroxylation is 1. The second kappa shape index (κ2) is 10.2. The highest BCUT2D eigenvalue weighted by Gasteiger charge is 2.29. The van der Waals surface area contributed by atoms with Crippen molar-refractivity contribution < 1.29 is 13.2 Å². The van der Waals surface area contributed by atoms with Gasteiger partial charge in [-0.2, -0.15) is 0 Å². The van der Waals surface area contributed by atoms with Crippen LogP contribution in [0.2, 0.25) is 0 Å². The molecule has 4 unspecified atom stereocenters. The van der Waals surface area contributed by atoms with Crippen LogP contribution in [0, 0.1) is 24.7 Å². The molecule has 2 fully saturated rings. The highest BCUT2D eigenvalue weighted by atomic mass is 32.2. The minimum atomic E-state index is -3.50. The minimum Gasteiger partial charge on any atom is -0.352 e. The number of hydrogen-bond donors (Lipinski definition) is 2. The molecule has 2 N–H and O–H groups in total. The highest BCUT2D eigenvalue weighted by molar-refractivity contribution is 7.89. The number of amides is 1. The van der Waals surface area contributed by atoms with Gasteiger partial charge in [0.05, 0.1) is 11.4 Å². The van der Waals surface area contributed by atoms with Crippen molar-refractivity contribution in [1.82, 2.24) is 14.9 Å². The molecule has 1 aromatic rings. The van der Waals surface area contributed by atoms with Crippen LogP contribution in [-0.2, 0) is 14.8 Å². The first-order chi connectivity index (χ1) is 14.2. The zero-order chi connectivity index (χ0) is 21.7. The Morgan fingerprint density at radius 3 is 2.57 bits per heavy atom. The van der Waals surface area contributed by atoms with Gasteiger partial charge in [-0.05, 0) is 62.6 Å². The van der Waals surface area contributed by atoms with Crippen molar-refractivity contribution in [3.8, 4) is 0 Å². The first kappa shape index (κ1) is 23.2. The Balaban J connectivity index is 1.46. The maximum atomic E-state index is 12.6. The molecule has 0 aromatic heterocycles. The summed E-state index contributed by atoms with van der Waals surface area (Å²) in [5.41, 5.74) is 1.03. The third-order valence-corrected chi connectivity index (χ3v) is 8.36. The Bertz CT molecular complexity index is 809. The zero-order valence-corrected chi connectivity index (χ0v) is 19.4. The standard InChI is InChI=1S/C23H37N3O3S/c1-17-9-11-21(12-10-17)30(28,29)24-14-20-7-5-13-26(15-20)16-23(27)25-22-8-4-6-18(2)19(22)3/h9-12,18-20,22,24H,4-8,13-16H2,1-3H3,(H,25,27). The van der Waals surface area contributed by atoms with Crippen LogP contribution in [0.3, 0.4) is 0 Å². The molecule has 1 aliphatic carbocycles. The normalized spacial score (nSPS) is 28.2. The Morgan fingerprint density at radius 2 is 1.83 bits per heavy atom. The van der Waals surface area contributed by atoms with Crippen molar-refractivity contribution in [3.05, 3.63) is 29.8 Å². The summed E-state index contributed by atoms with van der Waals surface area (Å²) in [6, 6.07) is 7.18. The lowest BCUT2D eigenvalue weighted by Crippen LogP contribution is -2.49. The van der Waals surface area contributed by atoms with Crippen LogP contribution >= 0.6 is 0 Å². The molecule has 1 heterocycles. The molecule has 1 aliphatic heterocycles. The summed E-state index contributed by atoms with van der Waals surface area (Å²) in [5, 5.41) is 3.25. The molecule has 1 saturated heterocycles. The molecule has 0 radical (unpaired) electrons. The molecular formula is C23H37N3O3S. The van der Waals surface area contributed by atoms with Crippen LogP contribution in [0.25, 0.3) is 0 Å². The van der Waals surface area contributed by atoms with E-state index in [1.807, 2.05) is 19.1 Å². The average molecular weight is 436 g/mol. The summed E-state index contributed by atoms with van der Waals surface area (Å²) < 4.78 is 27.8. The number of benzene rings is 1. The van der Waals surface area contributed by atoms with E-state index in [9.17, 15) is 13.2 Å². The second-order valence-corrected chi connectivity index (χ2v) is 11.1. The Morgan fingerprint density at radius 1 is 1.10 bits per heavy atom. The number of sulfonamides is 1. The molecule has 1 saturated carbocycles. The first-order valence-corrected chi connectivity index (χ1v) is 12.8. The van der Waals surface area contributed by atoms with Gasteiger partial charge in [-0.15, -0.1) is 0 Å². The van der Waals surface area contributed by atoms with Gasteiger partial charge in [0.15, 0.2) is 0 Å². The molecule has 168 valence electrons. The van der Waals surface area contributed by atoms with E-state index < -0.39 is 10.0 Å². The number of nitrogens with one attached hydrogen (secondary N) is 2. The van der Waals surface area contributed by atoms with Crippen molar-refractivity contribution in [1.29, 1.82) is 0 Å². The fourth-order valence-electron chi connectivity index (χ4n) is 4.73. The number of piperidine rings is 1. The quantitative estimate of drug-likeness (QED) is 0.690. The van der Waals surface area contributed by atoms with E-state index in [4.69, 9.17) is 0 Å². The zero-order valence-electron chi connectivity index (χ0n) is 18.6. The first-order valence-electron chi connectivity index (χ1n) is 11.3. The number of hydrogen-bond acceptors (Lipinski definition) is 4. The predicted octanol–water partition coefficient (Wildman–Crippen LogP) is 2.93. The maximum absolute atomic E-state index is 12.6. The summed E-state index contributed by atoms with van der Waals surface area (Å²) in [5.74, 6) is 1.50. The molecule has 0 bridgehead atoms. The number of likely N-dealkylation sites (tertiary alicyclic amines) is 1. The van der Waals surface area contributed by atoms with Crippen LogP contribution in [0.15, 0.2) is 29.2 Å². The summed E-state index contributed by atoms with van der Waals surface area (Å²) in [6.07, 6.45) is 5.47. The van der Waals surface area contributed by atoms with Crippen LogP contribution in [0.1, 0.15) is 51.5 Å². The lowest BCUT2D eigenvalue weighted by atomic mass is 9.78. The molecule has 6 nitrogen and oxygen atoms in total. The van der Waals surface area contributed by atoms with Gasteiger partial charge < -0.3 is 5.32 Å². The van der Waals surface area contributed by atoms with Crippen LogP contribution in [0.4, 0.5) is 0 Å². The number of rotatable bonds is 7. The van der Waals surface area contributed by atoms with Gasteiger partial charge in [-0.25, -0.2) is 13.1 Å². The lowest BCUT2D eigenvalue weighted by Gasteiger charge is -2.36. The van der Waals surface area contributed by atoms with Crippen molar-refractivity contribution in [2.75, 3.05) is 26.2 Å². The van der Waals surface area contributed by atoms with E-state index >= 15 is 0 Å². The Hall–Kier alpha value is -1.44. The lowest BCUT2D eigenvalue weighted by molar-refractivity contribution is -0.124. The third-order valence-electron chi connectivity index (χ3n) is 6.92. The van der Waals surface area contributed by atoms with Crippen LogP contribution in [0.5, 0.6) is 0 Å². The van der Waals surface area contributed by atoms with Gasteiger partial charge in [0.1, 0.15) is 0 Å². The second-order valence-electron chi connectivity index (χ2n) is 9.35. The molecule has 0 spiro atoms. The molecule has 30 heavy (non-hydrogen) atoms. The van der Waals surface area contributed by atoms with E-state index in [0.717, 1.165) is 37.9 Å². The van der Waals surface area contributed by atoms with Gasteiger partial charge >= 0.3 is 0 Å². The van der Waals surface area contributed by atoms with Crippen molar-refractivity contribution >= 4 is 15.9 Å². The SMILES string of the molecule is Cc1ccc(S(=O)(=O)NCC2CCCN(CC(=O)NC3CCCC(C)C3C)C2)cc1. The van der Waals surface area contributed by atoms with E-state index in [2.05, 4.69) is 28.8 Å². The summed E-state index contributed by atoms with van der Waals surface area (Å²) in [6.45, 7) is 8.91. The highest BCUT2D eigenvalue weighted by Crippen LogP contribution is 2.29. The number of carbonyl (C=O) groups excluding carboxylic acids is 1. The van der Waals surface area contributed by atoms with Gasteiger partial charge in [-0.3, -0.25) is 9.69 Å². The van der Waals surface area contributed by atoms with Crippen LogP contribution in [-0.4, -0.2) is 51.4 Å². The molecule has 1 amide bonds. The maximum Gasteiger partial charge on any atom is 0.240 e. The summed E-state index contributed by atoms with van der Waals surface area (Å²) in [7, 11) is -3.50. The molecule has 4 atom stereocenters. The fourth-order valence-corrected chi connectivity index (χ4v) is 5.85. The Kier molecular flexibility index (Phi) is 7.93. The van der Waals surface area contributed by atoms with Gasteiger partial charge in [0.25, 0.3) is 0 Å². The van der Waals surface area contributed by atoms with E-state index in [-0.39, 0.29) is 17.9 Å². The fraction of sp³-hybridized carbons (Fsp3) is 0.696. The summed E-state index contributed by atoms with van der Waals surface area (Å²) in [4.78, 5) is 15.1.